The molecule has 54 heavy (non-hydrogen) atoms. The van der Waals surface area contributed by atoms with Crippen molar-refractivity contribution in [3.8, 4) is 0 Å². The number of rotatable bonds is 0. The number of urea groups is 1. The Hall–Kier alpha value is -4.04. The maximum absolute atomic E-state index is 10.8. The highest BCUT2D eigenvalue weighted by molar-refractivity contribution is 7.97. The standard InChI is InChI=1S/C6H12N2O2.C5H12N2O.2C4H9NO2.2C4H9NO.C3H9N.C2H6O.C2H6S/c1-7(2)5(9)6(10)8(3)4;1-6(2)5(8)7(3)4;2*1-5(2)4(6)7-3;2*1-4(6)5(2)3;1-4(2)3;2*1-3-2/h1-4H3;1-4H3;2*1-3H3;2*1-3H3;1-3H3;2*1-2H3. The fraction of sp³-hybridized carbons (Fsp3) is 0.794. The van der Waals surface area contributed by atoms with Crippen LogP contribution in [0.3, 0.4) is 0 Å². The fourth-order valence-electron chi connectivity index (χ4n) is 1.15. The van der Waals surface area contributed by atoms with Crippen molar-refractivity contribution in [3.63, 3.8) is 0 Å². The van der Waals surface area contributed by atoms with E-state index in [1.165, 1.54) is 67.3 Å². The number of hydrogen-bond acceptors (Lipinski definition) is 12. The molecule has 0 aromatic carbocycles. The van der Waals surface area contributed by atoms with Crippen molar-refractivity contribution in [2.24, 2.45) is 0 Å². The second-order valence-electron chi connectivity index (χ2n) is 12.2. The van der Waals surface area contributed by atoms with E-state index in [0.717, 1.165) is 0 Å². The molecule has 8 amide bonds. The average Bonchev–Trinajstić information content (AvgIpc) is 3.04. The summed E-state index contributed by atoms with van der Waals surface area (Å²) in [6.45, 7) is 3.06. The zero-order valence-corrected chi connectivity index (χ0v) is 39.8. The number of amides is 8. The second-order valence-corrected chi connectivity index (χ2v) is 13.0. The number of carbonyl (C=O) groups excluding carboxylic acids is 7. The number of methoxy groups -OCH3 is 3. The summed E-state index contributed by atoms with van der Waals surface area (Å²) in [5.74, 6) is -0.806. The molecule has 0 radical (unpaired) electrons. The molecule has 0 spiro atoms. The van der Waals surface area contributed by atoms with Crippen LogP contribution in [0.15, 0.2) is 0 Å². The molecule has 0 aliphatic carbocycles. The van der Waals surface area contributed by atoms with Gasteiger partial charge in [-0.2, -0.15) is 11.8 Å². The van der Waals surface area contributed by atoms with Crippen LogP contribution in [0.4, 0.5) is 14.4 Å². The van der Waals surface area contributed by atoms with Gasteiger partial charge >= 0.3 is 30.0 Å². The lowest BCUT2D eigenvalue weighted by molar-refractivity contribution is -0.148. The first-order valence-electron chi connectivity index (χ1n) is 15.8. The normalized spacial score (nSPS) is 8.00. The third-order valence-electron chi connectivity index (χ3n) is 4.10. The maximum atomic E-state index is 10.8. The van der Waals surface area contributed by atoms with Gasteiger partial charge in [0.15, 0.2) is 0 Å². The predicted octanol–water partition coefficient (Wildman–Crippen LogP) is 1.63. The van der Waals surface area contributed by atoms with Crippen LogP contribution in [0.5, 0.6) is 0 Å². The molecule has 0 aromatic rings. The van der Waals surface area contributed by atoms with Crippen molar-refractivity contribution >= 4 is 53.6 Å². The van der Waals surface area contributed by atoms with Crippen LogP contribution in [-0.4, -0.2) is 261 Å². The van der Waals surface area contributed by atoms with Crippen LogP contribution in [0, 0.1) is 0 Å². The zero-order valence-electron chi connectivity index (χ0n) is 39.0. The summed E-state index contributed by atoms with van der Waals surface area (Å²) in [5.41, 5.74) is 0. The van der Waals surface area contributed by atoms with Crippen LogP contribution < -0.4 is 0 Å². The summed E-state index contributed by atoms with van der Waals surface area (Å²) in [6, 6.07) is 0.0185. The first kappa shape index (κ1) is 71.4. The molecule has 0 saturated heterocycles. The largest absolute Gasteiger partial charge is 0.453 e. The van der Waals surface area contributed by atoms with Crippen molar-refractivity contribution in [3.05, 3.63) is 0 Å². The molecule has 0 saturated carbocycles. The highest BCUT2D eigenvalue weighted by Crippen LogP contribution is 1.85. The molecule has 0 atom stereocenters. The maximum Gasteiger partial charge on any atom is 0.408 e. The number of likely N-dealkylation sites (N-methyl/N-ethyl adjacent to an activating group) is 2. The lowest BCUT2D eigenvalue weighted by atomic mass is 10.5. The highest BCUT2D eigenvalue weighted by Gasteiger charge is 2.16. The Bertz CT molecular complexity index is 863. The molecular weight excluding hydrogens is 726 g/mol. The molecule has 0 bridgehead atoms. The van der Waals surface area contributed by atoms with E-state index in [-0.39, 0.29) is 30.0 Å². The summed E-state index contributed by atoms with van der Waals surface area (Å²) in [5, 5.41) is 0. The Labute approximate surface area is 333 Å². The monoisotopic (exact) mass is 808 g/mol. The van der Waals surface area contributed by atoms with E-state index in [1.54, 1.807) is 139 Å². The van der Waals surface area contributed by atoms with Gasteiger partial charge in [-0.05, 0) is 33.7 Å². The van der Waals surface area contributed by atoms with Gasteiger partial charge in [0, 0.05) is 141 Å². The number of thioether (sulfide) groups is 1. The molecule has 0 unspecified atom stereocenters. The van der Waals surface area contributed by atoms with Crippen molar-refractivity contribution in [2.45, 2.75) is 13.8 Å². The molecule has 0 fully saturated rings. The zero-order chi connectivity index (χ0) is 46.1. The van der Waals surface area contributed by atoms with E-state index >= 15 is 0 Å². The Balaban J connectivity index is -0.0000000616. The summed E-state index contributed by atoms with van der Waals surface area (Å²) in [7, 11) is 38.5. The molecular formula is C34H81N9O10S. The molecule has 0 heterocycles. The van der Waals surface area contributed by atoms with E-state index < -0.39 is 11.8 Å². The molecule has 0 aliphatic heterocycles. The van der Waals surface area contributed by atoms with Crippen LogP contribution in [0.1, 0.15) is 13.8 Å². The summed E-state index contributed by atoms with van der Waals surface area (Å²) in [6.07, 6.45) is 3.44. The number of hydrogen-bond donors (Lipinski definition) is 0. The van der Waals surface area contributed by atoms with Gasteiger partial charge in [-0.1, -0.05) is 0 Å². The molecule has 0 aromatic heterocycles. The van der Waals surface area contributed by atoms with Crippen molar-refractivity contribution in [1.29, 1.82) is 0 Å². The third kappa shape index (κ3) is 81.8. The number of carbonyl (C=O) groups is 7. The third-order valence-corrected chi connectivity index (χ3v) is 4.10. The Morgan fingerprint density at radius 3 is 0.537 bits per heavy atom. The van der Waals surface area contributed by atoms with E-state index in [2.05, 4.69) is 14.2 Å². The topological polar surface area (TPSA) is 176 Å². The predicted molar refractivity (Wildman–Crippen MR) is 223 cm³/mol. The minimum absolute atomic E-state index is 0.0185. The molecule has 0 N–H and O–H groups in total. The van der Waals surface area contributed by atoms with E-state index in [4.69, 9.17) is 0 Å². The Kier molecular flexibility index (Phi) is 64.7. The molecule has 20 heteroatoms. The Morgan fingerprint density at radius 1 is 0.370 bits per heavy atom. The second kappa shape index (κ2) is 49.0. The number of ether oxygens (including phenoxy) is 3. The summed E-state index contributed by atoms with van der Waals surface area (Å²) < 4.78 is 12.8. The first-order chi connectivity index (χ1) is 24.2. The van der Waals surface area contributed by atoms with Gasteiger partial charge in [0.05, 0.1) is 14.2 Å². The van der Waals surface area contributed by atoms with Gasteiger partial charge < -0.3 is 58.3 Å². The summed E-state index contributed by atoms with van der Waals surface area (Å²) in [4.78, 5) is 86.2. The van der Waals surface area contributed by atoms with Crippen molar-refractivity contribution in [2.75, 3.05) is 175 Å². The lowest BCUT2D eigenvalue weighted by Crippen LogP contribution is -2.38. The quantitative estimate of drug-likeness (QED) is 0.324. The first-order valence-corrected chi connectivity index (χ1v) is 17.5. The van der Waals surface area contributed by atoms with Gasteiger partial charge in [0.25, 0.3) is 0 Å². The van der Waals surface area contributed by atoms with Crippen LogP contribution in [0.25, 0.3) is 0 Å². The van der Waals surface area contributed by atoms with Crippen LogP contribution in [-0.2, 0) is 33.4 Å². The minimum Gasteiger partial charge on any atom is -0.453 e. The van der Waals surface area contributed by atoms with Crippen molar-refractivity contribution < 1.29 is 47.8 Å². The average molecular weight is 808 g/mol. The SMILES string of the molecule is CC(=O)N(C)C.CC(=O)N(C)C.CN(C)C.CN(C)C(=O)C(=O)N(C)C.CN(C)C(=O)N(C)C.COC.COC(=O)N(C)C.COC(=O)N(C)C.CSC. The minimum atomic E-state index is -0.495. The summed E-state index contributed by atoms with van der Waals surface area (Å²) >= 11 is 1.75. The molecule has 19 nitrogen and oxygen atoms in total. The molecule has 0 aliphatic rings. The Morgan fingerprint density at radius 2 is 0.519 bits per heavy atom. The van der Waals surface area contributed by atoms with E-state index in [0.29, 0.717) is 0 Å². The van der Waals surface area contributed by atoms with Gasteiger partial charge in [0.2, 0.25) is 11.8 Å². The highest BCUT2D eigenvalue weighted by atomic mass is 32.2. The van der Waals surface area contributed by atoms with Gasteiger partial charge in [-0.3, -0.25) is 19.2 Å². The van der Waals surface area contributed by atoms with Crippen molar-refractivity contribution in [1.82, 2.24) is 44.1 Å². The van der Waals surface area contributed by atoms with E-state index in [1.807, 2.05) is 38.6 Å². The van der Waals surface area contributed by atoms with E-state index in [9.17, 15) is 33.6 Å². The number of nitrogens with zero attached hydrogens (tertiary/aromatic N) is 9. The van der Waals surface area contributed by atoms with Crippen LogP contribution >= 0.6 is 11.8 Å². The van der Waals surface area contributed by atoms with Gasteiger partial charge in [-0.25, -0.2) is 14.4 Å². The fourth-order valence-corrected chi connectivity index (χ4v) is 1.15. The van der Waals surface area contributed by atoms with Crippen LogP contribution in [0.2, 0.25) is 0 Å². The molecule has 328 valence electrons. The van der Waals surface area contributed by atoms with Gasteiger partial charge in [0.1, 0.15) is 0 Å². The molecule has 0 rings (SSSR count). The smallest absolute Gasteiger partial charge is 0.408 e. The van der Waals surface area contributed by atoms with Gasteiger partial charge in [-0.15, -0.1) is 0 Å². The lowest BCUT2D eigenvalue weighted by Gasteiger charge is -2.16.